The molecule has 85 heavy (non-hydrogen) atoms. The van der Waals surface area contributed by atoms with Crippen LogP contribution in [0, 0.1) is 0 Å². The van der Waals surface area contributed by atoms with Crippen LogP contribution in [0.3, 0.4) is 0 Å². The Labute approximate surface area is 521 Å². The first-order chi connectivity index (χ1) is 41.8. The van der Waals surface area contributed by atoms with E-state index in [2.05, 4.69) is 172 Å². The molecule has 10 heteroatoms. The van der Waals surface area contributed by atoms with Gasteiger partial charge in [0.2, 0.25) is 0 Å². The Morgan fingerprint density at radius 3 is 0.906 bits per heavy atom. The molecule has 0 amide bonds. The van der Waals surface area contributed by atoms with Gasteiger partial charge >= 0.3 is 19.8 Å². The molecule has 3 N–H and O–H groups in total. The second kappa shape index (κ2) is 68.7. The number of carbonyl (C=O) groups is 2. The number of phosphoric acid groups is 1. The Morgan fingerprint density at radius 2 is 0.612 bits per heavy atom. The van der Waals surface area contributed by atoms with Crippen molar-refractivity contribution in [3.8, 4) is 0 Å². The van der Waals surface area contributed by atoms with Crippen LogP contribution in [-0.2, 0) is 32.7 Å². The van der Waals surface area contributed by atoms with Gasteiger partial charge in [-0.25, -0.2) is 4.57 Å². The minimum atomic E-state index is -4.41. The van der Waals surface area contributed by atoms with Gasteiger partial charge in [0, 0.05) is 19.4 Å². The van der Waals surface area contributed by atoms with Gasteiger partial charge in [0.1, 0.15) is 6.61 Å². The van der Waals surface area contributed by atoms with Gasteiger partial charge in [-0.2, -0.15) is 0 Å². The highest BCUT2D eigenvalue weighted by atomic mass is 31.2. The Bertz CT molecular complexity index is 1950. The van der Waals surface area contributed by atoms with Crippen LogP contribution in [0.15, 0.2) is 158 Å². The van der Waals surface area contributed by atoms with Gasteiger partial charge in [-0.1, -0.05) is 294 Å². The van der Waals surface area contributed by atoms with E-state index in [1.807, 2.05) is 0 Å². The Balaban J connectivity index is 3.97. The number of phosphoric ester groups is 1. The summed E-state index contributed by atoms with van der Waals surface area (Å²) >= 11 is 0. The fourth-order valence-corrected chi connectivity index (χ4v) is 9.74. The first-order valence-corrected chi connectivity index (χ1v) is 35.5. The Kier molecular flexibility index (Phi) is 65.2. The molecule has 0 aliphatic rings. The predicted molar refractivity (Wildman–Crippen MR) is 366 cm³/mol. The summed E-state index contributed by atoms with van der Waals surface area (Å²) in [6, 6.07) is 0. The molecule has 2 unspecified atom stereocenters. The van der Waals surface area contributed by atoms with Gasteiger partial charge in [-0.3, -0.25) is 18.6 Å². The molecule has 0 fully saturated rings. The van der Waals surface area contributed by atoms with Gasteiger partial charge in [0.05, 0.1) is 13.2 Å². The third-order valence-electron chi connectivity index (χ3n) is 13.9. The van der Waals surface area contributed by atoms with E-state index in [-0.39, 0.29) is 38.6 Å². The average Bonchev–Trinajstić information content (AvgIpc) is 3.52. The molecule has 2 atom stereocenters. The van der Waals surface area contributed by atoms with Crippen molar-refractivity contribution in [2.75, 3.05) is 26.4 Å². The van der Waals surface area contributed by atoms with Crippen LogP contribution < -0.4 is 5.73 Å². The Hall–Kier alpha value is -4.37. The first kappa shape index (κ1) is 80.6. The maximum Gasteiger partial charge on any atom is 0.472 e. The molecule has 0 bridgehead atoms. The molecule has 0 saturated carbocycles. The summed E-state index contributed by atoms with van der Waals surface area (Å²) in [5.74, 6) is -0.849. The monoisotopic (exact) mass is 1200 g/mol. The standard InChI is InChI=1S/C75H124NO8P/c1-3-5-7-9-11-13-15-17-19-21-23-25-27-29-31-33-35-36-38-39-41-43-45-47-49-51-53-55-57-59-61-63-65-67-74(77)81-71-73(72-83-85(79,80)82-70-69-76)84-75(78)68-66-64-62-60-58-56-54-52-50-48-46-44-42-40-37-34-32-30-28-26-24-22-20-18-16-14-12-10-8-6-4-2/h5-8,11-14,17-20,23-26,29-32,37,40,44,46,50,52,73H,3-4,9-10,15-16,21-22,27-28,33-36,38-39,41-43,45,47-49,51,53-72,76H2,1-2H3,(H,79,80)/b7-5-,8-6-,13-11-,14-12-,19-17-,20-18-,25-23-,26-24-,31-29-,32-30-,40-37-,46-44-,52-50-. The number of hydrogen-bond acceptors (Lipinski definition) is 8. The number of carbonyl (C=O) groups excluding carboxylic acids is 2. The highest BCUT2D eigenvalue weighted by Gasteiger charge is 2.26. The lowest BCUT2D eigenvalue weighted by atomic mass is 10.0. The van der Waals surface area contributed by atoms with Crippen molar-refractivity contribution in [2.45, 2.75) is 277 Å². The number of esters is 2. The molecular weight excluding hydrogens is 1070 g/mol. The minimum absolute atomic E-state index is 0.0436. The second-order valence-electron chi connectivity index (χ2n) is 21.9. The second-order valence-corrected chi connectivity index (χ2v) is 23.4. The number of ether oxygens (including phenoxy) is 2. The summed E-state index contributed by atoms with van der Waals surface area (Å²) in [7, 11) is -4.41. The quantitative estimate of drug-likeness (QED) is 0.0264. The summed E-state index contributed by atoms with van der Waals surface area (Å²) < 4.78 is 33.1. The smallest absolute Gasteiger partial charge is 0.462 e. The molecule has 0 aromatic carbocycles. The molecule has 0 rings (SSSR count). The van der Waals surface area contributed by atoms with E-state index in [0.29, 0.717) is 6.42 Å². The lowest BCUT2D eigenvalue weighted by Gasteiger charge is -2.19. The molecular formula is C75H124NO8P. The molecule has 0 radical (unpaired) electrons. The molecule has 0 saturated heterocycles. The van der Waals surface area contributed by atoms with Gasteiger partial charge in [0.25, 0.3) is 0 Å². The van der Waals surface area contributed by atoms with Crippen LogP contribution in [0.2, 0.25) is 0 Å². The molecule has 0 aromatic heterocycles. The van der Waals surface area contributed by atoms with E-state index in [4.69, 9.17) is 24.3 Å². The molecule has 0 aliphatic heterocycles. The summed E-state index contributed by atoms with van der Waals surface area (Å²) in [5, 5.41) is 0. The normalized spacial score (nSPS) is 14.0. The van der Waals surface area contributed by atoms with E-state index in [1.165, 1.54) is 96.3 Å². The van der Waals surface area contributed by atoms with Crippen molar-refractivity contribution in [2.24, 2.45) is 5.73 Å². The molecule has 0 aromatic rings. The number of allylic oxidation sites excluding steroid dienone is 26. The third kappa shape index (κ3) is 68.6. The zero-order valence-electron chi connectivity index (χ0n) is 54.0. The molecule has 0 spiro atoms. The number of unbranched alkanes of at least 4 members (excludes halogenated alkanes) is 23. The van der Waals surface area contributed by atoms with Gasteiger partial charge in [0.15, 0.2) is 6.10 Å². The van der Waals surface area contributed by atoms with E-state index >= 15 is 0 Å². The van der Waals surface area contributed by atoms with Crippen molar-refractivity contribution < 1.29 is 37.6 Å². The van der Waals surface area contributed by atoms with Gasteiger partial charge in [-0.15, -0.1) is 0 Å². The molecule has 9 nitrogen and oxygen atoms in total. The minimum Gasteiger partial charge on any atom is -0.462 e. The molecule has 0 aliphatic carbocycles. The maximum absolute atomic E-state index is 12.8. The average molecular weight is 1200 g/mol. The number of nitrogens with two attached hydrogens (primary N) is 1. The molecule has 0 heterocycles. The first-order valence-electron chi connectivity index (χ1n) is 34.0. The number of rotatable bonds is 62. The SMILES string of the molecule is CC/C=C\C/C=C\C/C=C\C/C=C\C/C=C\C/C=C\C/C=C\C/C=C\CCCCCCCCC(=O)OC(COC(=O)CCCCCCCCCCCCCCCCCCC/C=C\C/C=C\C/C=C\C/C=C\C/C=C\CC)COP(=O)(O)OCCN. The van der Waals surface area contributed by atoms with Crippen LogP contribution in [0.1, 0.15) is 271 Å². The van der Waals surface area contributed by atoms with Crippen LogP contribution in [0.5, 0.6) is 0 Å². The fraction of sp³-hybridized carbons (Fsp3) is 0.627. The summed E-state index contributed by atoms with van der Waals surface area (Å²) in [6.07, 6.45) is 100. The summed E-state index contributed by atoms with van der Waals surface area (Å²) in [4.78, 5) is 35.3. The van der Waals surface area contributed by atoms with Crippen molar-refractivity contribution >= 4 is 19.8 Å². The third-order valence-corrected chi connectivity index (χ3v) is 14.9. The van der Waals surface area contributed by atoms with Crippen LogP contribution in [-0.4, -0.2) is 49.3 Å². The van der Waals surface area contributed by atoms with Crippen molar-refractivity contribution in [1.29, 1.82) is 0 Å². The lowest BCUT2D eigenvalue weighted by Crippen LogP contribution is -2.29. The fourth-order valence-electron chi connectivity index (χ4n) is 8.97. The number of hydrogen-bond donors (Lipinski definition) is 2. The predicted octanol–water partition coefficient (Wildman–Crippen LogP) is 22.4. The van der Waals surface area contributed by atoms with E-state index in [0.717, 1.165) is 141 Å². The highest BCUT2D eigenvalue weighted by Crippen LogP contribution is 2.43. The van der Waals surface area contributed by atoms with Crippen molar-refractivity contribution in [3.63, 3.8) is 0 Å². The van der Waals surface area contributed by atoms with E-state index < -0.39 is 26.5 Å². The van der Waals surface area contributed by atoms with Gasteiger partial charge in [-0.05, 0) is 122 Å². The van der Waals surface area contributed by atoms with Gasteiger partial charge < -0.3 is 20.1 Å². The summed E-state index contributed by atoms with van der Waals surface area (Å²) in [6.45, 7) is 3.50. The largest absolute Gasteiger partial charge is 0.472 e. The summed E-state index contributed by atoms with van der Waals surface area (Å²) in [5.41, 5.74) is 5.40. The Morgan fingerprint density at radius 1 is 0.353 bits per heavy atom. The lowest BCUT2D eigenvalue weighted by molar-refractivity contribution is -0.161. The van der Waals surface area contributed by atoms with E-state index in [9.17, 15) is 19.0 Å². The topological polar surface area (TPSA) is 134 Å². The zero-order valence-corrected chi connectivity index (χ0v) is 54.9. The maximum atomic E-state index is 12.8. The van der Waals surface area contributed by atoms with E-state index in [1.54, 1.807) is 0 Å². The highest BCUT2D eigenvalue weighted by molar-refractivity contribution is 7.47. The zero-order chi connectivity index (χ0) is 61.6. The van der Waals surface area contributed by atoms with Crippen molar-refractivity contribution in [3.05, 3.63) is 158 Å². The van der Waals surface area contributed by atoms with Crippen LogP contribution >= 0.6 is 7.82 Å². The van der Waals surface area contributed by atoms with Crippen LogP contribution in [0.4, 0.5) is 0 Å². The molecule has 482 valence electrons. The van der Waals surface area contributed by atoms with Crippen molar-refractivity contribution in [1.82, 2.24) is 0 Å². The van der Waals surface area contributed by atoms with Crippen LogP contribution in [0.25, 0.3) is 0 Å².